The summed E-state index contributed by atoms with van der Waals surface area (Å²) in [5.41, 5.74) is 1.58. The highest BCUT2D eigenvalue weighted by molar-refractivity contribution is 9.10. The summed E-state index contributed by atoms with van der Waals surface area (Å²) in [6.07, 6.45) is 0. The normalized spacial score (nSPS) is 12.5. The first-order valence-electron chi connectivity index (χ1n) is 6.89. The van der Waals surface area contributed by atoms with Crippen molar-refractivity contribution in [3.63, 3.8) is 0 Å². The van der Waals surface area contributed by atoms with E-state index in [2.05, 4.69) is 57.5 Å². The molecule has 0 unspecified atom stereocenters. The molecule has 0 aliphatic rings. The van der Waals surface area contributed by atoms with Crippen molar-refractivity contribution in [2.24, 2.45) is 0 Å². The maximum atomic E-state index is 9.80. The van der Waals surface area contributed by atoms with Gasteiger partial charge in [-0.2, -0.15) is 0 Å². The lowest BCUT2D eigenvalue weighted by Gasteiger charge is -2.42. The van der Waals surface area contributed by atoms with Crippen LogP contribution < -0.4 is 4.43 Å². The molecule has 0 aliphatic carbocycles. The van der Waals surface area contributed by atoms with Gasteiger partial charge in [0.2, 0.25) is 0 Å². The molecule has 0 atom stereocenters. The molecule has 0 aromatic heterocycles. The van der Waals surface area contributed by atoms with Gasteiger partial charge in [-0.05, 0) is 44.7 Å². The molecule has 0 saturated heterocycles. The van der Waals surface area contributed by atoms with E-state index < -0.39 is 8.32 Å². The van der Waals surface area contributed by atoms with Gasteiger partial charge in [-0.15, -0.1) is 0 Å². The van der Waals surface area contributed by atoms with Gasteiger partial charge in [0, 0.05) is 6.07 Å². The number of benzene rings is 1. The molecule has 19 heavy (non-hydrogen) atoms. The highest BCUT2D eigenvalue weighted by Crippen LogP contribution is 2.43. The first-order valence-corrected chi connectivity index (χ1v) is 9.82. The molecular formula is C15H25BrO2Si. The lowest BCUT2D eigenvalue weighted by Crippen LogP contribution is -2.50. The zero-order valence-electron chi connectivity index (χ0n) is 12.7. The summed E-state index contributed by atoms with van der Waals surface area (Å²) in [6.45, 7) is 13.5. The van der Waals surface area contributed by atoms with E-state index in [4.69, 9.17) is 4.43 Å². The fraction of sp³-hybridized carbons (Fsp3) is 0.600. The summed E-state index contributed by atoms with van der Waals surface area (Å²) in [6, 6.07) is 5.47. The van der Waals surface area contributed by atoms with E-state index in [9.17, 15) is 5.11 Å². The van der Waals surface area contributed by atoms with Gasteiger partial charge in [-0.1, -0.05) is 41.5 Å². The van der Waals surface area contributed by atoms with E-state index in [0.29, 0.717) is 21.1 Å². The SMILES string of the molecule is CC(C)[Si](Oc1ccc(Br)c(O)c1)(C(C)C)C(C)C. The second kappa shape index (κ2) is 6.31. The van der Waals surface area contributed by atoms with Crippen molar-refractivity contribution in [2.45, 2.75) is 58.2 Å². The van der Waals surface area contributed by atoms with Crippen LogP contribution in [-0.2, 0) is 0 Å². The zero-order chi connectivity index (χ0) is 14.8. The third-order valence-electron chi connectivity index (χ3n) is 3.92. The van der Waals surface area contributed by atoms with Crippen LogP contribution in [0.25, 0.3) is 0 Å². The van der Waals surface area contributed by atoms with Crippen LogP contribution in [0.3, 0.4) is 0 Å². The molecule has 0 saturated carbocycles. The van der Waals surface area contributed by atoms with Gasteiger partial charge in [0.05, 0.1) is 4.47 Å². The molecule has 0 aliphatic heterocycles. The number of rotatable bonds is 5. The van der Waals surface area contributed by atoms with E-state index in [0.717, 1.165) is 5.75 Å². The molecule has 1 aromatic carbocycles. The molecule has 0 amide bonds. The first kappa shape index (κ1) is 16.6. The Labute approximate surface area is 126 Å². The summed E-state index contributed by atoms with van der Waals surface area (Å²) in [4.78, 5) is 0. The van der Waals surface area contributed by atoms with Crippen LogP contribution in [0.2, 0.25) is 16.6 Å². The number of hydrogen-bond acceptors (Lipinski definition) is 2. The molecule has 2 nitrogen and oxygen atoms in total. The number of hydrogen-bond donors (Lipinski definition) is 1. The van der Waals surface area contributed by atoms with Crippen LogP contribution >= 0.6 is 15.9 Å². The Bertz CT molecular complexity index is 408. The molecular weight excluding hydrogens is 320 g/mol. The van der Waals surface area contributed by atoms with Crippen LogP contribution in [0.15, 0.2) is 22.7 Å². The van der Waals surface area contributed by atoms with Gasteiger partial charge in [-0.3, -0.25) is 0 Å². The summed E-state index contributed by atoms with van der Waals surface area (Å²) in [5.74, 6) is 1.01. The summed E-state index contributed by atoms with van der Waals surface area (Å²) in [5, 5.41) is 9.80. The maximum Gasteiger partial charge on any atom is 0.258 e. The minimum Gasteiger partial charge on any atom is -0.543 e. The average Bonchev–Trinajstić information content (AvgIpc) is 2.29. The second-order valence-electron chi connectivity index (χ2n) is 6.03. The molecule has 108 valence electrons. The largest absolute Gasteiger partial charge is 0.543 e. The third kappa shape index (κ3) is 3.34. The maximum absolute atomic E-state index is 9.80. The van der Waals surface area contributed by atoms with Gasteiger partial charge in [-0.25, -0.2) is 0 Å². The van der Waals surface area contributed by atoms with Crippen LogP contribution in [0.1, 0.15) is 41.5 Å². The molecule has 1 N–H and O–H groups in total. The molecule has 1 rings (SSSR count). The van der Waals surface area contributed by atoms with Crippen LogP contribution in [-0.4, -0.2) is 13.4 Å². The van der Waals surface area contributed by atoms with Crippen molar-refractivity contribution in [3.05, 3.63) is 22.7 Å². The van der Waals surface area contributed by atoms with Crippen molar-refractivity contribution in [1.29, 1.82) is 0 Å². The lowest BCUT2D eigenvalue weighted by atomic mass is 10.3. The third-order valence-corrected chi connectivity index (χ3v) is 10.6. The van der Waals surface area contributed by atoms with E-state index in [1.807, 2.05) is 12.1 Å². The Morgan fingerprint density at radius 2 is 1.47 bits per heavy atom. The summed E-state index contributed by atoms with van der Waals surface area (Å²) < 4.78 is 7.18. The highest BCUT2D eigenvalue weighted by atomic mass is 79.9. The second-order valence-corrected chi connectivity index (χ2v) is 12.3. The monoisotopic (exact) mass is 344 g/mol. The van der Waals surface area contributed by atoms with E-state index in [1.165, 1.54) is 0 Å². The Hall–Kier alpha value is -0.483. The van der Waals surface area contributed by atoms with Crippen LogP contribution in [0, 0.1) is 0 Å². The smallest absolute Gasteiger partial charge is 0.258 e. The Morgan fingerprint density at radius 1 is 1.00 bits per heavy atom. The number of phenolic OH excluding ortho intramolecular Hbond substituents is 1. The van der Waals surface area contributed by atoms with Crippen molar-refractivity contribution < 1.29 is 9.53 Å². The van der Waals surface area contributed by atoms with Gasteiger partial charge >= 0.3 is 0 Å². The van der Waals surface area contributed by atoms with Crippen LogP contribution in [0.4, 0.5) is 0 Å². The molecule has 0 radical (unpaired) electrons. The minimum atomic E-state index is -1.94. The summed E-state index contributed by atoms with van der Waals surface area (Å²) in [7, 11) is -1.94. The fourth-order valence-corrected chi connectivity index (χ4v) is 8.60. The molecule has 0 bridgehead atoms. The molecule has 1 aromatic rings. The van der Waals surface area contributed by atoms with Crippen LogP contribution in [0.5, 0.6) is 11.5 Å². The molecule has 0 heterocycles. The van der Waals surface area contributed by atoms with Gasteiger partial charge in [0.25, 0.3) is 8.32 Å². The molecule has 4 heteroatoms. The number of halogens is 1. The van der Waals surface area contributed by atoms with Crippen molar-refractivity contribution >= 4 is 24.2 Å². The van der Waals surface area contributed by atoms with Crippen molar-refractivity contribution in [3.8, 4) is 11.5 Å². The predicted molar refractivity (Wildman–Crippen MR) is 87.5 cm³/mol. The predicted octanol–water partition coefficient (Wildman–Crippen LogP) is 5.71. The van der Waals surface area contributed by atoms with Gasteiger partial charge in [0.1, 0.15) is 11.5 Å². The first-order chi connectivity index (χ1) is 8.71. The molecule has 0 spiro atoms. The van der Waals surface area contributed by atoms with Crippen molar-refractivity contribution in [1.82, 2.24) is 0 Å². The van der Waals surface area contributed by atoms with Gasteiger partial charge in [0.15, 0.2) is 0 Å². The Morgan fingerprint density at radius 3 is 1.84 bits per heavy atom. The quantitative estimate of drug-likeness (QED) is 0.693. The lowest BCUT2D eigenvalue weighted by molar-refractivity contribution is 0.454. The Kier molecular flexibility index (Phi) is 5.50. The van der Waals surface area contributed by atoms with E-state index in [1.54, 1.807) is 6.07 Å². The van der Waals surface area contributed by atoms with Crippen molar-refractivity contribution in [2.75, 3.05) is 0 Å². The Balaban J connectivity index is 3.17. The fourth-order valence-electron chi connectivity index (χ4n) is 3.11. The highest BCUT2D eigenvalue weighted by Gasteiger charge is 2.47. The topological polar surface area (TPSA) is 29.5 Å². The number of phenols is 1. The average molecular weight is 345 g/mol. The number of aromatic hydroxyl groups is 1. The standard InChI is InChI=1S/C15H25BrO2Si/c1-10(2)19(11(3)4,12(5)6)18-13-7-8-14(16)15(17)9-13/h7-12,17H,1-6H3. The summed E-state index contributed by atoms with van der Waals surface area (Å²) >= 11 is 3.30. The minimum absolute atomic E-state index is 0.233. The van der Waals surface area contributed by atoms with Gasteiger partial charge < -0.3 is 9.53 Å². The molecule has 0 fully saturated rings. The zero-order valence-corrected chi connectivity index (χ0v) is 15.3. The van der Waals surface area contributed by atoms with E-state index in [-0.39, 0.29) is 5.75 Å². The van der Waals surface area contributed by atoms with E-state index >= 15 is 0 Å².